The molecule has 0 saturated carbocycles. The van der Waals surface area contributed by atoms with Crippen LogP contribution in [0.25, 0.3) is 0 Å². The van der Waals surface area contributed by atoms with Crippen molar-refractivity contribution in [2.75, 3.05) is 21.3 Å². The minimum Gasteiger partial charge on any atom is -0.376 e. The molecule has 0 spiro atoms. The third kappa shape index (κ3) is 8.53. The second-order valence-corrected chi connectivity index (χ2v) is 12.3. The van der Waals surface area contributed by atoms with Gasteiger partial charge in [-0.25, -0.2) is 0 Å². The lowest BCUT2D eigenvalue weighted by molar-refractivity contribution is 0.0548. The number of nitrogens with two attached hydrogens (primary N) is 1. The van der Waals surface area contributed by atoms with E-state index in [1.807, 2.05) is 6.92 Å². The van der Waals surface area contributed by atoms with Crippen LogP contribution in [-0.4, -0.2) is 35.3 Å². The van der Waals surface area contributed by atoms with Crippen LogP contribution in [0.1, 0.15) is 111 Å². The van der Waals surface area contributed by atoms with Gasteiger partial charge in [0.2, 0.25) is 0 Å². The van der Waals surface area contributed by atoms with Crippen molar-refractivity contribution in [2.24, 2.45) is 11.1 Å². The first kappa shape index (κ1) is 27.1. The Kier molecular flexibility index (Phi) is 14.1. The molecule has 0 aliphatic rings. The third-order valence-electron chi connectivity index (χ3n) is 6.50. The number of unbranched alkanes of at least 4 members (excludes halogenated alkanes) is 11. The van der Waals surface area contributed by atoms with Gasteiger partial charge in [0.15, 0.2) is 0 Å². The summed E-state index contributed by atoms with van der Waals surface area (Å²) in [5, 5.41) is -0.629. The topological polar surface area (TPSA) is 53.7 Å². The highest BCUT2D eigenvalue weighted by molar-refractivity contribution is 6.64. The summed E-state index contributed by atoms with van der Waals surface area (Å²) in [6.07, 6.45) is 17.4. The molecule has 27 heavy (non-hydrogen) atoms. The molecule has 2 N–H and O–H groups in total. The second kappa shape index (κ2) is 14.1. The first-order valence-electron chi connectivity index (χ1n) is 11.2. The predicted octanol–water partition coefficient (Wildman–Crippen LogP) is 6.24. The van der Waals surface area contributed by atoms with Gasteiger partial charge in [0.1, 0.15) is 0 Å². The summed E-state index contributed by atoms with van der Waals surface area (Å²) in [6.45, 7) is 8.73. The summed E-state index contributed by atoms with van der Waals surface area (Å²) in [6, 6.07) is 0. The van der Waals surface area contributed by atoms with Crippen molar-refractivity contribution in [3.05, 3.63) is 0 Å². The first-order valence-corrected chi connectivity index (χ1v) is 12.9. The normalized spacial score (nSPS) is 15.1. The maximum Gasteiger partial charge on any atom is 0.521 e. The largest absolute Gasteiger partial charge is 0.521 e. The molecule has 0 aliphatic heterocycles. The van der Waals surface area contributed by atoms with Crippen LogP contribution in [0.15, 0.2) is 0 Å². The standard InChI is InChI=1S/C22H49NO3Si/c1-8-9-10-11-12-13-14-15-16-17-18-19-20-21(2,3)22(4,23)27(24-5,25-6)26-7/h8-20,23H2,1-7H3. The maximum absolute atomic E-state index is 6.73. The molecule has 0 aliphatic carbocycles. The smallest absolute Gasteiger partial charge is 0.376 e. The minimum absolute atomic E-state index is 0.111. The lowest BCUT2D eigenvalue weighted by atomic mass is 9.80. The molecule has 4 nitrogen and oxygen atoms in total. The highest BCUT2D eigenvalue weighted by Gasteiger charge is 2.61. The van der Waals surface area contributed by atoms with Crippen LogP contribution in [-0.2, 0) is 13.3 Å². The zero-order valence-corrected chi connectivity index (χ0v) is 20.5. The highest BCUT2D eigenvalue weighted by Crippen LogP contribution is 2.41. The van der Waals surface area contributed by atoms with Crippen LogP contribution in [0.5, 0.6) is 0 Å². The van der Waals surface area contributed by atoms with E-state index in [1.165, 1.54) is 77.0 Å². The van der Waals surface area contributed by atoms with Crippen molar-refractivity contribution in [1.29, 1.82) is 0 Å². The van der Waals surface area contributed by atoms with Gasteiger partial charge < -0.3 is 19.0 Å². The van der Waals surface area contributed by atoms with Gasteiger partial charge in [-0.1, -0.05) is 97.8 Å². The van der Waals surface area contributed by atoms with E-state index in [2.05, 4.69) is 20.8 Å². The summed E-state index contributed by atoms with van der Waals surface area (Å²) >= 11 is 0. The van der Waals surface area contributed by atoms with Crippen molar-refractivity contribution in [3.63, 3.8) is 0 Å². The average molecular weight is 404 g/mol. The van der Waals surface area contributed by atoms with Gasteiger partial charge in [0, 0.05) is 21.3 Å². The molecule has 0 heterocycles. The van der Waals surface area contributed by atoms with Gasteiger partial charge in [0.05, 0.1) is 5.16 Å². The van der Waals surface area contributed by atoms with Crippen molar-refractivity contribution in [3.8, 4) is 0 Å². The van der Waals surface area contributed by atoms with E-state index < -0.39 is 14.0 Å². The average Bonchev–Trinajstić information content (AvgIpc) is 2.64. The molecule has 0 aromatic rings. The fourth-order valence-corrected chi connectivity index (χ4v) is 6.69. The molecule has 0 aromatic heterocycles. The van der Waals surface area contributed by atoms with Crippen molar-refractivity contribution in [2.45, 2.75) is 116 Å². The Morgan fingerprint density at radius 1 is 0.630 bits per heavy atom. The summed E-state index contributed by atoms with van der Waals surface area (Å²) in [5.41, 5.74) is 6.62. The fraction of sp³-hybridized carbons (Fsp3) is 1.00. The van der Waals surface area contributed by atoms with Gasteiger partial charge in [0.25, 0.3) is 0 Å². The van der Waals surface area contributed by atoms with E-state index in [1.54, 1.807) is 21.3 Å². The third-order valence-corrected chi connectivity index (χ3v) is 10.1. The van der Waals surface area contributed by atoms with Gasteiger partial charge in [-0.2, -0.15) is 0 Å². The maximum atomic E-state index is 6.73. The molecular formula is C22H49NO3Si. The monoisotopic (exact) mass is 403 g/mol. The molecule has 0 amide bonds. The van der Waals surface area contributed by atoms with Crippen molar-refractivity contribution < 1.29 is 13.3 Å². The molecule has 5 heteroatoms. The molecule has 1 unspecified atom stereocenters. The summed E-state index contributed by atoms with van der Waals surface area (Å²) in [4.78, 5) is 0. The van der Waals surface area contributed by atoms with Gasteiger partial charge >= 0.3 is 8.80 Å². The van der Waals surface area contributed by atoms with Crippen molar-refractivity contribution in [1.82, 2.24) is 0 Å². The van der Waals surface area contributed by atoms with Crippen LogP contribution in [0.3, 0.4) is 0 Å². The minimum atomic E-state index is -2.91. The molecule has 0 fully saturated rings. The van der Waals surface area contributed by atoms with Crippen LogP contribution in [0.4, 0.5) is 0 Å². The zero-order valence-electron chi connectivity index (χ0n) is 19.5. The van der Waals surface area contributed by atoms with Crippen LogP contribution in [0.2, 0.25) is 0 Å². The Labute approximate surface area is 171 Å². The molecule has 0 radical (unpaired) electrons. The molecule has 1 atom stereocenters. The summed E-state index contributed by atoms with van der Waals surface area (Å²) in [5.74, 6) is 0. The van der Waals surface area contributed by atoms with E-state index >= 15 is 0 Å². The van der Waals surface area contributed by atoms with Crippen LogP contribution >= 0.6 is 0 Å². The Bertz CT molecular complexity index is 349. The molecular weight excluding hydrogens is 354 g/mol. The van der Waals surface area contributed by atoms with E-state index in [9.17, 15) is 0 Å². The van der Waals surface area contributed by atoms with Gasteiger partial charge in [-0.3, -0.25) is 0 Å². The molecule has 164 valence electrons. The predicted molar refractivity (Wildman–Crippen MR) is 119 cm³/mol. The van der Waals surface area contributed by atoms with Gasteiger partial charge in [-0.05, 0) is 18.8 Å². The Morgan fingerprint density at radius 2 is 0.963 bits per heavy atom. The number of hydrogen-bond donors (Lipinski definition) is 1. The quantitative estimate of drug-likeness (QED) is 0.217. The van der Waals surface area contributed by atoms with E-state index in [0.29, 0.717) is 0 Å². The molecule has 0 aromatic carbocycles. The lowest BCUT2D eigenvalue weighted by Gasteiger charge is -2.48. The Balaban J connectivity index is 4.02. The first-order chi connectivity index (χ1) is 12.7. The second-order valence-electron chi connectivity index (χ2n) is 8.89. The number of rotatable bonds is 18. The molecule has 0 saturated heterocycles. The van der Waals surface area contributed by atoms with Crippen molar-refractivity contribution >= 4 is 8.80 Å². The number of hydrogen-bond acceptors (Lipinski definition) is 4. The van der Waals surface area contributed by atoms with E-state index in [-0.39, 0.29) is 5.41 Å². The molecule has 0 rings (SSSR count). The van der Waals surface area contributed by atoms with Crippen LogP contribution in [0, 0.1) is 5.41 Å². The van der Waals surface area contributed by atoms with E-state index in [0.717, 1.165) is 6.42 Å². The Hall–Kier alpha value is 0.0569. The van der Waals surface area contributed by atoms with E-state index in [4.69, 9.17) is 19.0 Å². The Morgan fingerprint density at radius 3 is 1.30 bits per heavy atom. The lowest BCUT2D eigenvalue weighted by Crippen LogP contribution is -2.73. The molecule has 0 bridgehead atoms. The summed E-state index contributed by atoms with van der Waals surface area (Å²) < 4.78 is 17.0. The van der Waals surface area contributed by atoms with Crippen LogP contribution < -0.4 is 5.73 Å². The van der Waals surface area contributed by atoms with Gasteiger partial charge in [-0.15, -0.1) is 0 Å². The zero-order chi connectivity index (χ0) is 20.8. The summed E-state index contributed by atoms with van der Waals surface area (Å²) in [7, 11) is 2.02. The SMILES string of the molecule is CCCCCCCCCCCCCCC(C)(C)C(C)(N)[Si](OC)(OC)OC. The highest BCUT2D eigenvalue weighted by atomic mass is 28.4. The fourth-order valence-electron chi connectivity index (χ4n) is 3.97.